The van der Waals surface area contributed by atoms with E-state index in [9.17, 15) is 27.9 Å². The molecule has 0 radical (unpaired) electrons. The van der Waals surface area contributed by atoms with Crippen LogP contribution in [0.2, 0.25) is 15.1 Å². The van der Waals surface area contributed by atoms with Crippen molar-refractivity contribution in [2.45, 2.75) is 25.1 Å². The first-order valence-electron chi connectivity index (χ1n) is 7.15. The second kappa shape index (κ2) is 7.60. The van der Waals surface area contributed by atoms with Gasteiger partial charge in [0.15, 0.2) is 11.4 Å². The summed E-state index contributed by atoms with van der Waals surface area (Å²) in [5.74, 6) is -1.84. The van der Waals surface area contributed by atoms with Crippen LogP contribution in [0.15, 0.2) is 18.2 Å². The zero-order chi connectivity index (χ0) is 20.7. The molecular weight excluding hydrogens is 450 g/mol. The molecule has 0 saturated carbocycles. The number of aliphatic hydroxyl groups is 1. The number of hydrogen-bond donors (Lipinski definition) is 2. The van der Waals surface area contributed by atoms with Crippen molar-refractivity contribution in [3.05, 3.63) is 54.1 Å². The molecule has 0 aliphatic carbocycles. The van der Waals surface area contributed by atoms with Crippen LogP contribution in [-0.2, 0) is 5.60 Å². The van der Waals surface area contributed by atoms with Crippen LogP contribution >= 0.6 is 46.1 Å². The minimum Gasteiger partial charge on any atom is -0.376 e. The minimum absolute atomic E-state index is 0.0477. The molecule has 1 aromatic carbocycles. The summed E-state index contributed by atoms with van der Waals surface area (Å²) in [5.41, 5.74) is 1.21. The maximum atomic E-state index is 13.7. The van der Waals surface area contributed by atoms with E-state index in [1.54, 1.807) is 0 Å². The van der Waals surface area contributed by atoms with E-state index in [-0.39, 0.29) is 24.8 Å². The fraction of sp³-hybridized carbons (Fsp3) is 0.250. The fourth-order valence-electron chi connectivity index (χ4n) is 2.34. The summed E-state index contributed by atoms with van der Waals surface area (Å²) in [7, 11) is 0. The highest BCUT2D eigenvalue weighted by molar-refractivity contribution is 7.16. The number of halogens is 6. The fourth-order valence-corrected chi connectivity index (χ4v) is 3.90. The molecule has 0 spiro atoms. The van der Waals surface area contributed by atoms with Gasteiger partial charge in [0.25, 0.3) is 5.91 Å². The van der Waals surface area contributed by atoms with Crippen LogP contribution in [0.4, 0.5) is 13.2 Å². The van der Waals surface area contributed by atoms with Crippen molar-refractivity contribution in [3.8, 4) is 0 Å². The lowest BCUT2D eigenvalue weighted by molar-refractivity contribution is -0.264. The number of aryl methyl sites for hydroxylation is 1. The van der Waals surface area contributed by atoms with Crippen molar-refractivity contribution in [1.29, 1.82) is 0 Å². The quantitative estimate of drug-likeness (QED) is 0.479. The van der Waals surface area contributed by atoms with Crippen molar-refractivity contribution >= 4 is 57.8 Å². The van der Waals surface area contributed by atoms with Gasteiger partial charge in [0, 0.05) is 0 Å². The van der Waals surface area contributed by atoms with E-state index in [1.807, 2.05) is 0 Å². The minimum atomic E-state index is -5.22. The maximum Gasteiger partial charge on any atom is 0.421 e. The van der Waals surface area contributed by atoms with E-state index in [0.717, 1.165) is 12.1 Å². The number of hydrogen-bond acceptors (Lipinski definition) is 4. The monoisotopic (exact) mass is 459 g/mol. The molecule has 0 fully saturated rings. The molecule has 11 heteroatoms. The number of carbonyl (C=O) groups is 2. The van der Waals surface area contributed by atoms with Crippen LogP contribution < -0.4 is 5.73 Å². The largest absolute Gasteiger partial charge is 0.421 e. The highest BCUT2D eigenvalue weighted by Gasteiger charge is 2.56. The molecule has 1 unspecified atom stereocenters. The number of nitrogens with two attached hydrogens (primary N) is 1. The molecule has 1 amide bonds. The van der Waals surface area contributed by atoms with E-state index in [4.69, 9.17) is 40.5 Å². The molecule has 27 heavy (non-hydrogen) atoms. The van der Waals surface area contributed by atoms with Crippen LogP contribution in [0.1, 0.15) is 36.9 Å². The molecule has 0 bridgehead atoms. The molecule has 146 valence electrons. The summed E-state index contributed by atoms with van der Waals surface area (Å²) < 4.78 is 41.0. The summed E-state index contributed by atoms with van der Waals surface area (Å²) in [4.78, 5) is 23.6. The summed E-state index contributed by atoms with van der Waals surface area (Å²) in [5, 5.41) is 9.58. The third-order valence-electron chi connectivity index (χ3n) is 3.76. The van der Waals surface area contributed by atoms with Gasteiger partial charge in [-0.3, -0.25) is 9.59 Å². The lowest BCUT2D eigenvalue weighted by Crippen LogP contribution is -2.44. The summed E-state index contributed by atoms with van der Waals surface area (Å²) in [6.45, 7) is 1.49. The molecule has 3 N–H and O–H groups in total. The van der Waals surface area contributed by atoms with Crippen molar-refractivity contribution in [2.24, 2.45) is 5.73 Å². The summed E-state index contributed by atoms with van der Waals surface area (Å²) >= 11 is 17.9. The lowest BCUT2D eigenvalue weighted by Gasteiger charge is -2.30. The normalized spacial score (nSPS) is 14.1. The Bertz CT molecular complexity index is 906. The first-order chi connectivity index (χ1) is 12.3. The van der Waals surface area contributed by atoms with Gasteiger partial charge in [-0.25, -0.2) is 0 Å². The highest BCUT2D eigenvalue weighted by atomic mass is 35.5. The van der Waals surface area contributed by atoms with Gasteiger partial charge in [0.2, 0.25) is 0 Å². The van der Waals surface area contributed by atoms with Crippen molar-refractivity contribution < 1.29 is 27.9 Å². The number of rotatable bonds is 5. The average molecular weight is 461 g/mol. The van der Waals surface area contributed by atoms with Gasteiger partial charge in [-0.05, 0) is 36.2 Å². The third kappa shape index (κ3) is 4.25. The van der Waals surface area contributed by atoms with E-state index < -0.39 is 35.5 Å². The Morgan fingerprint density at radius 3 is 2.07 bits per heavy atom. The van der Waals surface area contributed by atoms with Crippen LogP contribution in [0.5, 0.6) is 0 Å². The van der Waals surface area contributed by atoms with Crippen molar-refractivity contribution in [1.82, 2.24) is 0 Å². The van der Waals surface area contributed by atoms with E-state index >= 15 is 0 Å². The molecule has 0 aliphatic heterocycles. The number of primary amides is 1. The molecule has 0 aliphatic rings. The van der Waals surface area contributed by atoms with Crippen LogP contribution in [0.3, 0.4) is 0 Å². The lowest BCUT2D eigenvalue weighted by atomic mass is 9.87. The molecule has 2 aromatic rings. The Morgan fingerprint density at radius 2 is 1.67 bits per heavy atom. The van der Waals surface area contributed by atoms with Crippen LogP contribution in [-0.4, -0.2) is 23.0 Å². The second-order valence-electron chi connectivity index (χ2n) is 5.70. The van der Waals surface area contributed by atoms with Gasteiger partial charge in [0.1, 0.15) is 0 Å². The van der Waals surface area contributed by atoms with Crippen molar-refractivity contribution in [3.63, 3.8) is 0 Å². The standard InChI is InChI=1S/C16H11Cl3F3NO3S/c1-6-2-11(27-13(6)14(23)25)10(24)5-15(26,16(20,21)22)7-3-8(17)12(19)9(18)4-7/h2-4,26H,5H2,1H3,(H2,23,25). The first kappa shape index (κ1) is 22.0. The predicted octanol–water partition coefficient (Wildman–Crippen LogP) is 5.14. The molecule has 1 heterocycles. The second-order valence-corrected chi connectivity index (χ2v) is 7.94. The molecule has 1 aromatic heterocycles. The Hall–Kier alpha value is -1.32. The van der Waals surface area contributed by atoms with Crippen molar-refractivity contribution in [2.75, 3.05) is 0 Å². The first-order valence-corrected chi connectivity index (χ1v) is 9.10. The SMILES string of the molecule is Cc1cc(C(=O)CC(O)(c2cc(Cl)c(Cl)c(Cl)c2)C(F)(F)F)sc1C(N)=O. The van der Waals surface area contributed by atoms with Gasteiger partial charge >= 0.3 is 6.18 Å². The molecular formula is C16H11Cl3F3NO3S. The number of amides is 1. The predicted molar refractivity (Wildman–Crippen MR) is 97.9 cm³/mol. The number of thiophene rings is 1. The van der Waals surface area contributed by atoms with E-state index in [2.05, 4.69) is 0 Å². The summed E-state index contributed by atoms with van der Waals surface area (Å²) in [6, 6.07) is 2.84. The Kier molecular flexibility index (Phi) is 6.18. The van der Waals surface area contributed by atoms with Crippen LogP contribution in [0, 0.1) is 6.92 Å². The summed E-state index contributed by atoms with van der Waals surface area (Å²) in [6.07, 6.45) is -6.56. The molecule has 4 nitrogen and oxygen atoms in total. The number of carbonyl (C=O) groups excluding carboxylic acids is 2. The van der Waals surface area contributed by atoms with Gasteiger partial charge in [-0.2, -0.15) is 13.2 Å². The zero-order valence-corrected chi connectivity index (χ0v) is 16.5. The van der Waals surface area contributed by atoms with E-state index in [1.165, 1.54) is 13.0 Å². The number of ketones is 1. The maximum absolute atomic E-state index is 13.7. The van der Waals surface area contributed by atoms with Gasteiger partial charge in [0.05, 0.1) is 31.2 Å². The highest BCUT2D eigenvalue weighted by Crippen LogP contribution is 2.45. The Balaban J connectivity index is 2.50. The average Bonchev–Trinajstić information content (AvgIpc) is 2.93. The smallest absolute Gasteiger partial charge is 0.376 e. The zero-order valence-electron chi connectivity index (χ0n) is 13.5. The number of benzene rings is 1. The third-order valence-corrected chi connectivity index (χ3v) is 6.25. The number of alkyl halides is 3. The Labute approximate surface area is 170 Å². The van der Waals surface area contributed by atoms with Gasteiger partial charge < -0.3 is 10.8 Å². The number of Topliss-reactive ketones (excluding diaryl/α,β-unsaturated/α-hetero) is 1. The van der Waals surface area contributed by atoms with Gasteiger partial charge in [-0.1, -0.05) is 34.8 Å². The van der Waals surface area contributed by atoms with Crippen LogP contribution in [0.25, 0.3) is 0 Å². The van der Waals surface area contributed by atoms with Gasteiger partial charge in [-0.15, -0.1) is 11.3 Å². The van der Waals surface area contributed by atoms with E-state index in [0.29, 0.717) is 16.9 Å². The molecule has 0 saturated heterocycles. The molecule has 1 atom stereocenters. The topological polar surface area (TPSA) is 80.4 Å². The Morgan fingerprint density at radius 1 is 1.15 bits per heavy atom. The molecule has 2 rings (SSSR count).